The van der Waals surface area contributed by atoms with Gasteiger partial charge in [0, 0.05) is 18.5 Å². The highest BCUT2D eigenvalue weighted by atomic mass is 28.3. The van der Waals surface area contributed by atoms with Crippen LogP contribution in [0.5, 0.6) is 0 Å². The monoisotopic (exact) mass is 236 g/mol. The molecule has 0 aromatic heterocycles. The molecule has 2 nitrogen and oxygen atoms in total. The third kappa shape index (κ3) is 2.30. The van der Waals surface area contributed by atoms with Crippen LogP contribution in [0.4, 0.5) is 0 Å². The summed E-state index contributed by atoms with van der Waals surface area (Å²) in [6, 6.07) is 0.675. The zero-order chi connectivity index (χ0) is 11.8. The maximum Gasteiger partial charge on any atom is 0.0523 e. The topological polar surface area (TPSA) is 15.6 Å². The Morgan fingerprint density at radius 3 is 2.69 bits per heavy atom. The van der Waals surface area contributed by atoms with Gasteiger partial charge in [0.15, 0.2) is 0 Å². The van der Waals surface area contributed by atoms with E-state index in [0.29, 0.717) is 6.04 Å². The predicted molar refractivity (Wildman–Crippen MR) is 73.9 cm³/mol. The summed E-state index contributed by atoms with van der Waals surface area (Å²) in [4.78, 5) is 6.92. The van der Waals surface area contributed by atoms with Crippen molar-refractivity contribution in [3.05, 3.63) is 11.8 Å². The highest BCUT2D eigenvalue weighted by Crippen LogP contribution is 2.39. The van der Waals surface area contributed by atoms with E-state index in [1.54, 1.807) is 5.57 Å². The van der Waals surface area contributed by atoms with Crippen LogP contribution in [0, 0.1) is 0 Å². The van der Waals surface area contributed by atoms with Gasteiger partial charge in [0.25, 0.3) is 0 Å². The lowest BCUT2D eigenvalue weighted by Gasteiger charge is -2.36. The fraction of sp³-hybridized carbons (Fsp3) is 0.769. The summed E-state index contributed by atoms with van der Waals surface area (Å²) >= 11 is 0. The SMILES string of the molecule is CN1CCC[C@H]1C1=CN=CCC1[Si](C)(C)C. The van der Waals surface area contributed by atoms with Crippen LogP contribution >= 0.6 is 0 Å². The first kappa shape index (κ1) is 12.1. The molecule has 2 aliphatic heterocycles. The maximum atomic E-state index is 4.41. The first-order valence-electron chi connectivity index (χ1n) is 6.42. The molecule has 0 spiro atoms. The largest absolute Gasteiger partial charge is 0.300 e. The molecule has 90 valence electrons. The first-order chi connectivity index (χ1) is 7.50. The molecule has 2 atom stereocenters. The quantitative estimate of drug-likeness (QED) is 0.673. The smallest absolute Gasteiger partial charge is 0.0523 e. The van der Waals surface area contributed by atoms with Crippen LogP contribution in [-0.2, 0) is 0 Å². The molecule has 1 fully saturated rings. The van der Waals surface area contributed by atoms with E-state index in [1.807, 2.05) is 0 Å². The summed E-state index contributed by atoms with van der Waals surface area (Å²) in [5, 5.41) is 0. The molecule has 2 rings (SSSR count). The standard InChI is InChI=1S/C13H24N2Si/c1-15-9-5-6-12(15)11-10-14-8-7-13(11)16(2,3)4/h8,10,12-13H,5-7,9H2,1-4H3/t12-,13?/m0/s1. The van der Waals surface area contributed by atoms with Crippen LogP contribution in [0.2, 0.25) is 25.2 Å². The van der Waals surface area contributed by atoms with Crippen LogP contribution in [0.1, 0.15) is 19.3 Å². The highest BCUT2D eigenvalue weighted by molar-refractivity contribution is 6.78. The van der Waals surface area contributed by atoms with Crippen molar-refractivity contribution in [3.63, 3.8) is 0 Å². The van der Waals surface area contributed by atoms with Crippen LogP contribution in [0.3, 0.4) is 0 Å². The summed E-state index contributed by atoms with van der Waals surface area (Å²) in [5.41, 5.74) is 2.43. The lowest BCUT2D eigenvalue weighted by Crippen LogP contribution is -2.37. The van der Waals surface area contributed by atoms with Gasteiger partial charge in [0.2, 0.25) is 0 Å². The number of nitrogens with zero attached hydrogens (tertiary/aromatic N) is 2. The van der Waals surface area contributed by atoms with Crippen molar-refractivity contribution in [2.45, 2.75) is 50.5 Å². The molecule has 3 heteroatoms. The molecule has 2 aliphatic rings. The minimum atomic E-state index is -1.10. The molecule has 0 amide bonds. The second-order valence-electron chi connectivity index (χ2n) is 6.25. The number of hydrogen-bond donors (Lipinski definition) is 0. The first-order valence-corrected chi connectivity index (χ1v) is 9.99. The summed E-state index contributed by atoms with van der Waals surface area (Å²) in [6.45, 7) is 8.71. The molecule has 0 saturated carbocycles. The second kappa shape index (κ2) is 4.45. The van der Waals surface area contributed by atoms with E-state index in [-0.39, 0.29) is 0 Å². The Labute approximate surface area is 100 Å². The fourth-order valence-electron chi connectivity index (χ4n) is 3.03. The Hall–Kier alpha value is -0.413. The van der Waals surface area contributed by atoms with Crippen LogP contribution < -0.4 is 0 Å². The van der Waals surface area contributed by atoms with Crippen molar-refractivity contribution in [1.29, 1.82) is 0 Å². The number of hydrogen-bond acceptors (Lipinski definition) is 2. The van der Waals surface area contributed by atoms with E-state index in [0.717, 1.165) is 5.54 Å². The minimum absolute atomic E-state index is 0.675. The Bertz CT molecular complexity index is 314. The second-order valence-corrected chi connectivity index (χ2v) is 11.7. The molecule has 1 unspecified atom stereocenters. The van der Waals surface area contributed by atoms with Gasteiger partial charge < -0.3 is 0 Å². The van der Waals surface area contributed by atoms with E-state index in [9.17, 15) is 0 Å². The van der Waals surface area contributed by atoms with Gasteiger partial charge in [-0.25, -0.2) is 0 Å². The van der Waals surface area contributed by atoms with Gasteiger partial charge in [0.05, 0.1) is 8.07 Å². The summed E-state index contributed by atoms with van der Waals surface area (Å²) < 4.78 is 0. The predicted octanol–water partition coefficient (Wildman–Crippen LogP) is 3.15. The molecular formula is C13H24N2Si. The number of likely N-dealkylation sites (N-methyl/N-ethyl adjacent to an activating group) is 1. The van der Waals surface area contributed by atoms with Crippen molar-refractivity contribution < 1.29 is 0 Å². The van der Waals surface area contributed by atoms with E-state index in [1.165, 1.54) is 25.8 Å². The average molecular weight is 236 g/mol. The Morgan fingerprint density at radius 1 is 1.38 bits per heavy atom. The molecular weight excluding hydrogens is 212 g/mol. The number of rotatable bonds is 2. The van der Waals surface area contributed by atoms with Gasteiger partial charge >= 0.3 is 0 Å². The molecule has 0 aromatic carbocycles. The van der Waals surface area contributed by atoms with Crippen molar-refractivity contribution in [1.82, 2.24) is 4.90 Å². The highest BCUT2D eigenvalue weighted by Gasteiger charge is 2.36. The average Bonchev–Trinajstić information content (AvgIpc) is 2.63. The van der Waals surface area contributed by atoms with E-state index in [4.69, 9.17) is 0 Å². The molecule has 0 bridgehead atoms. The Balaban J connectivity index is 2.22. The molecule has 2 heterocycles. The van der Waals surface area contributed by atoms with Gasteiger partial charge in [-0.3, -0.25) is 9.89 Å². The summed E-state index contributed by atoms with van der Waals surface area (Å²) in [6.07, 6.45) is 8.13. The van der Waals surface area contributed by atoms with E-state index < -0.39 is 8.07 Å². The summed E-state index contributed by atoms with van der Waals surface area (Å²) in [7, 11) is 1.16. The maximum absolute atomic E-state index is 4.41. The minimum Gasteiger partial charge on any atom is -0.300 e. The molecule has 0 N–H and O–H groups in total. The van der Waals surface area contributed by atoms with Crippen molar-refractivity contribution in [2.24, 2.45) is 4.99 Å². The van der Waals surface area contributed by atoms with Crippen molar-refractivity contribution >= 4 is 14.3 Å². The molecule has 16 heavy (non-hydrogen) atoms. The van der Waals surface area contributed by atoms with Crippen LogP contribution in [-0.4, -0.2) is 38.8 Å². The van der Waals surface area contributed by atoms with Gasteiger partial charge in [-0.15, -0.1) is 0 Å². The molecule has 0 aromatic rings. The number of likely N-dealkylation sites (tertiary alicyclic amines) is 1. The van der Waals surface area contributed by atoms with Gasteiger partial charge in [-0.2, -0.15) is 0 Å². The third-order valence-electron chi connectivity index (χ3n) is 4.02. The van der Waals surface area contributed by atoms with E-state index >= 15 is 0 Å². The Kier molecular flexibility index (Phi) is 3.36. The zero-order valence-electron chi connectivity index (χ0n) is 11.0. The summed E-state index contributed by atoms with van der Waals surface area (Å²) in [5.74, 6) is 0. The number of aliphatic imine (C=N–C) groups is 1. The fourth-order valence-corrected chi connectivity index (χ4v) is 5.11. The molecule has 1 saturated heterocycles. The van der Waals surface area contributed by atoms with Crippen molar-refractivity contribution in [2.75, 3.05) is 13.6 Å². The lowest BCUT2D eigenvalue weighted by atomic mass is 9.99. The Morgan fingerprint density at radius 2 is 2.12 bits per heavy atom. The van der Waals surface area contributed by atoms with Crippen LogP contribution in [0.25, 0.3) is 0 Å². The van der Waals surface area contributed by atoms with Gasteiger partial charge in [-0.05, 0) is 44.0 Å². The zero-order valence-corrected chi connectivity index (χ0v) is 12.0. The van der Waals surface area contributed by atoms with Gasteiger partial charge in [0.1, 0.15) is 0 Å². The van der Waals surface area contributed by atoms with Gasteiger partial charge in [-0.1, -0.05) is 19.6 Å². The van der Waals surface area contributed by atoms with Crippen LogP contribution in [0.15, 0.2) is 16.8 Å². The van der Waals surface area contributed by atoms with E-state index in [2.05, 4.69) is 49.0 Å². The lowest BCUT2D eigenvalue weighted by molar-refractivity contribution is 0.338. The molecule has 0 aliphatic carbocycles. The third-order valence-corrected chi connectivity index (χ3v) is 6.68. The normalized spacial score (nSPS) is 31.9. The van der Waals surface area contributed by atoms with Crippen molar-refractivity contribution in [3.8, 4) is 0 Å². The molecule has 0 radical (unpaired) electrons.